The van der Waals surface area contributed by atoms with E-state index in [0.29, 0.717) is 35.7 Å². The molecule has 2 aromatic rings. The molecule has 2 heterocycles. The van der Waals surface area contributed by atoms with Gasteiger partial charge in [0.15, 0.2) is 11.5 Å². The molecule has 4 nitrogen and oxygen atoms in total. The molecule has 2 aromatic carbocycles. The zero-order valence-electron chi connectivity index (χ0n) is 16.0. The Bertz CT molecular complexity index is 839. The Morgan fingerprint density at radius 1 is 1.15 bits per heavy atom. The summed E-state index contributed by atoms with van der Waals surface area (Å²) in [5.41, 5.74) is 4.76. The van der Waals surface area contributed by atoms with E-state index in [-0.39, 0.29) is 12.1 Å². The van der Waals surface area contributed by atoms with E-state index in [0.717, 1.165) is 24.3 Å². The van der Waals surface area contributed by atoms with Gasteiger partial charge in [-0.3, -0.25) is 0 Å². The lowest BCUT2D eigenvalue weighted by molar-refractivity contribution is 0.0828. The molecule has 1 saturated heterocycles. The second kappa shape index (κ2) is 7.61. The van der Waals surface area contributed by atoms with Gasteiger partial charge >= 0.3 is 0 Å². The Labute approximate surface area is 165 Å². The topological polar surface area (TPSA) is 39.7 Å². The number of fused-ring (bicyclic) bond motifs is 3. The molecule has 5 heteroatoms. The summed E-state index contributed by atoms with van der Waals surface area (Å²) in [6.45, 7) is 7.93. The second-order valence-corrected chi connectivity index (χ2v) is 7.56. The Hall–Kier alpha value is -1.91. The number of ether oxygens (including phenoxy) is 3. The van der Waals surface area contributed by atoms with Gasteiger partial charge < -0.3 is 19.5 Å². The van der Waals surface area contributed by atoms with Crippen LogP contribution in [0.4, 0.5) is 5.69 Å². The normalized spacial score (nSPS) is 23.3. The van der Waals surface area contributed by atoms with Crippen LogP contribution in [0.3, 0.4) is 0 Å². The zero-order valence-corrected chi connectivity index (χ0v) is 16.8. The molecule has 2 aliphatic rings. The van der Waals surface area contributed by atoms with E-state index in [1.54, 1.807) is 0 Å². The highest BCUT2D eigenvalue weighted by Crippen LogP contribution is 2.51. The van der Waals surface area contributed by atoms with Crippen molar-refractivity contribution in [3.63, 3.8) is 0 Å². The lowest BCUT2D eigenvalue weighted by Crippen LogP contribution is -2.29. The summed E-state index contributed by atoms with van der Waals surface area (Å²) in [7, 11) is 0. The molecule has 0 spiro atoms. The molecule has 0 amide bonds. The van der Waals surface area contributed by atoms with Crippen molar-refractivity contribution in [2.75, 3.05) is 25.1 Å². The first-order valence-electron chi connectivity index (χ1n) is 9.70. The van der Waals surface area contributed by atoms with Crippen molar-refractivity contribution >= 4 is 17.3 Å². The predicted molar refractivity (Wildman–Crippen MR) is 108 cm³/mol. The molecule has 0 saturated carbocycles. The van der Waals surface area contributed by atoms with E-state index in [9.17, 15) is 0 Å². The summed E-state index contributed by atoms with van der Waals surface area (Å²) in [5, 5.41) is 4.31. The predicted octanol–water partition coefficient (Wildman–Crippen LogP) is 5.69. The molecule has 0 bridgehead atoms. The van der Waals surface area contributed by atoms with Gasteiger partial charge in [0.1, 0.15) is 0 Å². The van der Waals surface area contributed by atoms with Gasteiger partial charge in [0.25, 0.3) is 0 Å². The summed E-state index contributed by atoms with van der Waals surface area (Å²) >= 11 is 6.57. The fourth-order valence-corrected chi connectivity index (χ4v) is 4.51. The van der Waals surface area contributed by atoms with Crippen LogP contribution in [0.15, 0.2) is 30.3 Å². The molecule has 0 unspecified atom stereocenters. The molecule has 27 heavy (non-hydrogen) atoms. The van der Waals surface area contributed by atoms with E-state index >= 15 is 0 Å². The van der Waals surface area contributed by atoms with Crippen LogP contribution in [0.1, 0.15) is 49.1 Å². The average molecular weight is 388 g/mol. The van der Waals surface area contributed by atoms with Crippen LogP contribution in [0, 0.1) is 12.8 Å². The summed E-state index contributed by atoms with van der Waals surface area (Å²) in [6.07, 6.45) is 1.14. The number of anilines is 1. The molecule has 144 valence electrons. The Kier molecular flexibility index (Phi) is 5.20. The molecule has 2 aliphatic heterocycles. The highest BCUT2D eigenvalue weighted by Gasteiger charge is 2.41. The van der Waals surface area contributed by atoms with Gasteiger partial charge in [-0.05, 0) is 51.0 Å². The van der Waals surface area contributed by atoms with Crippen LogP contribution in [0.25, 0.3) is 0 Å². The number of rotatable bonds is 5. The van der Waals surface area contributed by atoms with Gasteiger partial charge in [0, 0.05) is 23.8 Å². The molecule has 0 aliphatic carbocycles. The van der Waals surface area contributed by atoms with Gasteiger partial charge in [-0.2, -0.15) is 0 Å². The third-order valence-electron chi connectivity index (χ3n) is 5.37. The van der Waals surface area contributed by atoms with Crippen LogP contribution >= 0.6 is 11.6 Å². The fourth-order valence-electron chi connectivity index (χ4n) is 4.24. The van der Waals surface area contributed by atoms with E-state index in [1.807, 2.05) is 19.9 Å². The number of halogens is 1. The van der Waals surface area contributed by atoms with Crippen molar-refractivity contribution in [3.8, 4) is 11.5 Å². The molecule has 4 rings (SSSR count). The van der Waals surface area contributed by atoms with Gasteiger partial charge in [-0.25, -0.2) is 0 Å². The summed E-state index contributed by atoms with van der Waals surface area (Å²) in [4.78, 5) is 0. The highest BCUT2D eigenvalue weighted by atomic mass is 35.5. The molecule has 3 atom stereocenters. The minimum atomic E-state index is 0.118. The quantitative estimate of drug-likeness (QED) is 0.715. The van der Waals surface area contributed by atoms with E-state index in [4.69, 9.17) is 25.8 Å². The molecular weight excluding hydrogens is 362 g/mol. The summed E-state index contributed by atoms with van der Waals surface area (Å²) in [5.74, 6) is 1.69. The van der Waals surface area contributed by atoms with Crippen LogP contribution in [-0.2, 0) is 4.74 Å². The van der Waals surface area contributed by atoms with Gasteiger partial charge in [-0.1, -0.05) is 29.3 Å². The van der Waals surface area contributed by atoms with Crippen molar-refractivity contribution in [3.05, 3.63) is 52.0 Å². The van der Waals surface area contributed by atoms with Crippen molar-refractivity contribution in [2.45, 2.75) is 39.3 Å². The molecule has 1 N–H and O–H groups in total. The SMILES string of the molecule is CCOc1cc([C@H]2Nc3ccc(C)cc3[C@H]3OCC[C@@H]23)cc(Cl)c1OCC. The standard InChI is InChI=1S/C22H26ClNO3/c1-4-25-19-12-14(11-17(23)22(19)26-5-2)20-15-8-9-27-21(15)16-10-13(3)6-7-18(16)24-20/h6-7,10-12,15,20-21,24H,4-5,8-9H2,1-3H3/t15-,20+,21-/m0/s1. The van der Waals surface area contributed by atoms with Crippen molar-refractivity contribution < 1.29 is 14.2 Å². The average Bonchev–Trinajstić information content (AvgIpc) is 3.14. The first-order chi connectivity index (χ1) is 13.1. The maximum Gasteiger partial charge on any atom is 0.179 e. The maximum atomic E-state index is 6.57. The van der Waals surface area contributed by atoms with E-state index in [2.05, 4.69) is 36.5 Å². The zero-order chi connectivity index (χ0) is 19.0. The number of benzene rings is 2. The second-order valence-electron chi connectivity index (χ2n) is 7.15. The van der Waals surface area contributed by atoms with Crippen molar-refractivity contribution in [1.82, 2.24) is 0 Å². The third-order valence-corrected chi connectivity index (χ3v) is 5.65. The molecule has 0 aromatic heterocycles. The fraction of sp³-hybridized carbons (Fsp3) is 0.455. The molecule has 0 radical (unpaired) electrons. The molecular formula is C22H26ClNO3. The number of aryl methyl sites for hydroxylation is 1. The number of nitrogens with one attached hydrogen (secondary N) is 1. The Balaban J connectivity index is 1.75. The lowest BCUT2D eigenvalue weighted by Gasteiger charge is -2.37. The van der Waals surface area contributed by atoms with Gasteiger partial charge in [0.2, 0.25) is 0 Å². The highest BCUT2D eigenvalue weighted by molar-refractivity contribution is 6.32. The molecule has 1 fully saturated rings. The van der Waals surface area contributed by atoms with Crippen LogP contribution in [0.5, 0.6) is 11.5 Å². The van der Waals surface area contributed by atoms with Crippen LogP contribution < -0.4 is 14.8 Å². The lowest BCUT2D eigenvalue weighted by atomic mass is 9.80. The van der Waals surface area contributed by atoms with Crippen LogP contribution in [-0.4, -0.2) is 19.8 Å². The Morgan fingerprint density at radius 3 is 2.74 bits per heavy atom. The summed E-state index contributed by atoms with van der Waals surface area (Å²) in [6, 6.07) is 10.7. The number of hydrogen-bond donors (Lipinski definition) is 1. The summed E-state index contributed by atoms with van der Waals surface area (Å²) < 4.78 is 17.7. The smallest absolute Gasteiger partial charge is 0.179 e. The van der Waals surface area contributed by atoms with Crippen molar-refractivity contribution in [2.24, 2.45) is 5.92 Å². The monoisotopic (exact) mass is 387 g/mol. The van der Waals surface area contributed by atoms with Gasteiger partial charge in [0.05, 0.1) is 30.4 Å². The van der Waals surface area contributed by atoms with E-state index in [1.165, 1.54) is 11.1 Å². The van der Waals surface area contributed by atoms with Crippen molar-refractivity contribution in [1.29, 1.82) is 0 Å². The largest absolute Gasteiger partial charge is 0.490 e. The van der Waals surface area contributed by atoms with E-state index < -0.39 is 0 Å². The maximum absolute atomic E-state index is 6.57. The first kappa shape index (κ1) is 18.5. The van der Waals surface area contributed by atoms with Crippen LogP contribution in [0.2, 0.25) is 5.02 Å². The minimum Gasteiger partial charge on any atom is -0.490 e. The minimum absolute atomic E-state index is 0.118. The Morgan fingerprint density at radius 2 is 1.96 bits per heavy atom. The number of hydrogen-bond acceptors (Lipinski definition) is 4. The van der Waals surface area contributed by atoms with Gasteiger partial charge in [-0.15, -0.1) is 0 Å². The third kappa shape index (κ3) is 3.37. The first-order valence-corrected chi connectivity index (χ1v) is 10.1.